The van der Waals surface area contributed by atoms with Gasteiger partial charge in [0.15, 0.2) is 6.61 Å². The fourth-order valence-electron chi connectivity index (χ4n) is 2.59. The van der Waals surface area contributed by atoms with Gasteiger partial charge < -0.3 is 14.5 Å². The first-order chi connectivity index (χ1) is 14.0. The molecule has 0 unspecified atom stereocenters. The van der Waals surface area contributed by atoms with Gasteiger partial charge in [0, 0.05) is 5.56 Å². The van der Waals surface area contributed by atoms with E-state index in [1.807, 2.05) is 30.3 Å². The lowest BCUT2D eigenvalue weighted by Crippen LogP contribution is -2.45. The zero-order valence-corrected chi connectivity index (χ0v) is 16.7. The zero-order valence-electron chi connectivity index (χ0n) is 16.0. The van der Waals surface area contributed by atoms with Gasteiger partial charge in [-0.05, 0) is 30.2 Å². The summed E-state index contributed by atoms with van der Waals surface area (Å²) in [6, 6.07) is 15.0. The van der Waals surface area contributed by atoms with Crippen LogP contribution >= 0.6 is 11.6 Å². The monoisotopic (exact) mass is 413 g/mol. The lowest BCUT2D eigenvalue weighted by atomic mass is 10.0. The lowest BCUT2D eigenvalue weighted by molar-refractivity contribution is -0.149. The summed E-state index contributed by atoms with van der Waals surface area (Å²) < 4.78 is 10.8. The van der Waals surface area contributed by atoms with Crippen LogP contribution in [0.3, 0.4) is 0 Å². The SMILES string of the molecule is CC(C)[C@H](NC(=O)c1ccccc1Cl)C(=O)OCc1nnc(-c2ccccc2)o1. The van der Waals surface area contributed by atoms with Crippen LogP contribution in [0.15, 0.2) is 59.0 Å². The molecule has 0 saturated heterocycles. The van der Waals surface area contributed by atoms with Crippen LogP contribution in [0.5, 0.6) is 0 Å². The smallest absolute Gasteiger partial charge is 0.329 e. The van der Waals surface area contributed by atoms with Crippen molar-refractivity contribution >= 4 is 23.5 Å². The Bertz CT molecular complexity index is 988. The molecule has 7 nitrogen and oxygen atoms in total. The summed E-state index contributed by atoms with van der Waals surface area (Å²) in [5.41, 5.74) is 1.06. The van der Waals surface area contributed by atoms with Gasteiger partial charge >= 0.3 is 5.97 Å². The summed E-state index contributed by atoms with van der Waals surface area (Å²) in [5.74, 6) is -0.743. The third kappa shape index (κ3) is 5.20. The molecule has 0 spiro atoms. The van der Waals surface area contributed by atoms with Gasteiger partial charge in [-0.15, -0.1) is 10.2 Å². The highest BCUT2D eigenvalue weighted by molar-refractivity contribution is 6.33. The van der Waals surface area contributed by atoms with Gasteiger partial charge in [-0.25, -0.2) is 4.79 Å². The molecule has 0 saturated carbocycles. The van der Waals surface area contributed by atoms with Crippen molar-refractivity contribution in [3.8, 4) is 11.5 Å². The van der Waals surface area contributed by atoms with E-state index >= 15 is 0 Å². The Morgan fingerprint density at radius 2 is 1.76 bits per heavy atom. The van der Waals surface area contributed by atoms with Crippen molar-refractivity contribution in [3.63, 3.8) is 0 Å². The van der Waals surface area contributed by atoms with Crippen LogP contribution in [-0.4, -0.2) is 28.1 Å². The second-order valence-corrected chi connectivity index (χ2v) is 7.06. The molecular formula is C21H20ClN3O4. The van der Waals surface area contributed by atoms with Gasteiger partial charge in [-0.1, -0.05) is 55.8 Å². The van der Waals surface area contributed by atoms with Crippen molar-refractivity contribution in [2.75, 3.05) is 0 Å². The fraction of sp³-hybridized carbons (Fsp3) is 0.238. The Morgan fingerprint density at radius 3 is 2.45 bits per heavy atom. The van der Waals surface area contributed by atoms with E-state index in [9.17, 15) is 9.59 Å². The molecule has 1 aromatic heterocycles. The Kier molecular flexibility index (Phi) is 6.61. The molecule has 1 N–H and O–H groups in total. The number of benzene rings is 2. The van der Waals surface area contributed by atoms with Crippen molar-refractivity contribution in [2.24, 2.45) is 5.92 Å². The molecule has 0 bridgehead atoms. The second-order valence-electron chi connectivity index (χ2n) is 6.65. The minimum absolute atomic E-state index is 0.164. The maximum absolute atomic E-state index is 12.5. The first-order valence-corrected chi connectivity index (χ1v) is 9.43. The average molecular weight is 414 g/mol. The third-order valence-electron chi connectivity index (χ3n) is 4.15. The average Bonchev–Trinajstić information content (AvgIpc) is 3.20. The number of ether oxygens (including phenoxy) is 1. The summed E-state index contributed by atoms with van der Waals surface area (Å²) in [5, 5.41) is 10.8. The molecule has 0 aliphatic heterocycles. The van der Waals surface area contributed by atoms with Crippen LogP contribution < -0.4 is 5.32 Å². The summed E-state index contributed by atoms with van der Waals surface area (Å²) in [4.78, 5) is 25.0. The van der Waals surface area contributed by atoms with E-state index in [0.29, 0.717) is 10.9 Å². The molecule has 0 radical (unpaired) electrons. The van der Waals surface area contributed by atoms with E-state index in [1.54, 1.807) is 38.1 Å². The highest BCUT2D eigenvalue weighted by atomic mass is 35.5. The summed E-state index contributed by atoms with van der Waals surface area (Å²) in [7, 11) is 0. The normalized spacial score (nSPS) is 11.9. The Balaban J connectivity index is 1.62. The maximum Gasteiger partial charge on any atom is 0.329 e. The molecule has 1 amide bonds. The predicted octanol–water partition coefficient (Wildman–Crippen LogP) is 3.89. The van der Waals surface area contributed by atoms with Crippen molar-refractivity contribution < 1.29 is 18.7 Å². The minimum Gasteiger partial charge on any atom is -0.454 e. The van der Waals surface area contributed by atoms with Crippen LogP contribution in [-0.2, 0) is 16.1 Å². The Morgan fingerprint density at radius 1 is 1.07 bits per heavy atom. The number of carbonyl (C=O) groups is 2. The fourth-order valence-corrected chi connectivity index (χ4v) is 2.82. The zero-order chi connectivity index (χ0) is 20.8. The van der Waals surface area contributed by atoms with Gasteiger partial charge in [-0.2, -0.15) is 0 Å². The van der Waals surface area contributed by atoms with Crippen LogP contribution in [0.1, 0.15) is 30.1 Å². The van der Waals surface area contributed by atoms with E-state index in [-0.39, 0.29) is 24.0 Å². The molecule has 3 rings (SSSR count). The number of halogens is 1. The molecule has 3 aromatic rings. The van der Waals surface area contributed by atoms with Crippen LogP contribution in [0.2, 0.25) is 5.02 Å². The number of nitrogens with one attached hydrogen (secondary N) is 1. The first kappa shape index (κ1) is 20.5. The molecule has 150 valence electrons. The molecule has 8 heteroatoms. The highest BCUT2D eigenvalue weighted by Crippen LogP contribution is 2.18. The van der Waals surface area contributed by atoms with Gasteiger partial charge in [-0.3, -0.25) is 4.79 Å². The van der Waals surface area contributed by atoms with E-state index in [0.717, 1.165) is 5.56 Å². The number of nitrogens with zero attached hydrogens (tertiary/aromatic N) is 2. The molecule has 0 aliphatic carbocycles. The van der Waals surface area contributed by atoms with E-state index < -0.39 is 17.9 Å². The van der Waals surface area contributed by atoms with Gasteiger partial charge in [0.25, 0.3) is 11.8 Å². The van der Waals surface area contributed by atoms with Gasteiger partial charge in [0.05, 0.1) is 10.6 Å². The number of rotatable bonds is 7. The molecule has 1 atom stereocenters. The Labute approximate surface area is 173 Å². The van der Waals surface area contributed by atoms with E-state index in [4.69, 9.17) is 20.8 Å². The highest BCUT2D eigenvalue weighted by Gasteiger charge is 2.27. The number of hydrogen-bond donors (Lipinski definition) is 1. The number of carbonyl (C=O) groups excluding carboxylic acids is 2. The van der Waals surface area contributed by atoms with Crippen LogP contribution in [0, 0.1) is 5.92 Å². The lowest BCUT2D eigenvalue weighted by Gasteiger charge is -2.20. The van der Waals surface area contributed by atoms with E-state index in [1.165, 1.54) is 0 Å². The topological polar surface area (TPSA) is 94.3 Å². The Hall–Kier alpha value is -3.19. The quantitative estimate of drug-likeness (QED) is 0.590. The molecule has 29 heavy (non-hydrogen) atoms. The van der Waals surface area contributed by atoms with Crippen molar-refractivity contribution in [1.29, 1.82) is 0 Å². The summed E-state index contributed by atoms with van der Waals surface area (Å²) in [6.07, 6.45) is 0. The predicted molar refractivity (Wildman–Crippen MR) is 107 cm³/mol. The standard InChI is InChI=1S/C21H20ClN3O4/c1-13(2)18(23-19(26)15-10-6-7-11-16(15)22)21(27)28-12-17-24-25-20(29-17)14-8-4-3-5-9-14/h3-11,13,18H,12H2,1-2H3,(H,23,26)/t18-/m0/s1. The minimum atomic E-state index is -0.852. The molecule has 1 heterocycles. The van der Waals surface area contributed by atoms with Gasteiger partial charge in [0.1, 0.15) is 6.04 Å². The van der Waals surface area contributed by atoms with Crippen molar-refractivity contribution in [1.82, 2.24) is 15.5 Å². The van der Waals surface area contributed by atoms with Crippen molar-refractivity contribution in [2.45, 2.75) is 26.5 Å². The van der Waals surface area contributed by atoms with Crippen LogP contribution in [0.4, 0.5) is 0 Å². The van der Waals surface area contributed by atoms with E-state index in [2.05, 4.69) is 15.5 Å². The summed E-state index contributed by atoms with van der Waals surface area (Å²) >= 11 is 6.05. The number of aromatic nitrogens is 2. The summed E-state index contributed by atoms with van der Waals surface area (Å²) in [6.45, 7) is 3.42. The molecule has 0 fully saturated rings. The second kappa shape index (κ2) is 9.34. The number of esters is 1. The molecule has 2 aromatic carbocycles. The number of amides is 1. The first-order valence-electron chi connectivity index (χ1n) is 9.05. The molecular weight excluding hydrogens is 394 g/mol. The molecule has 0 aliphatic rings. The van der Waals surface area contributed by atoms with Gasteiger partial charge in [0.2, 0.25) is 5.89 Å². The largest absolute Gasteiger partial charge is 0.454 e. The maximum atomic E-state index is 12.5. The third-order valence-corrected chi connectivity index (χ3v) is 4.48. The number of hydrogen-bond acceptors (Lipinski definition) is 6. The van der Waals surface area contributed by atoms with Crippen LogP contribution in [0.25, 0.3) is 11.5 Å². The van der Waals surface area contributed by atoms with Crippen molar-refractivity contribution in [3.05, 3.63) is 71.1 Å².